The lowest BCUT2D eigenvalue weighted by Crippen LogP contribution is -2.13. The molecule has 2 aromatic heterocycles. The third kappa shape index (κ3) is 2.38. The summed E-state index contributed by atoms with van der Waals surface area (Å²) >= 11 is 1.39. The second-order valence-electron chi connectivity index (χ2n) is 5.47. The first-order chi connectivity index (χ1) is 8.29. The van der Waals surface area contributed by atoms with E-state index in [2.05, 4.69) is 40.5 Å². The summed E-state index contributed by atoms with van der Waals surface area (Å²) in [4.78, 5) is 4.53. The fraction of sp³-hybridized carbons (Fsp3) is 0.583. The van der Waals surface area contributed by atoms with E-state index in [9.17, 15) is 0 Å². The van der Waals surface area contributed by atoms with Crippen molar-refractivity contribution in [2.24, 2.45) is 7.05 Å². The van der Waals surface area contributed by atoms with Crippen LogP contribution in [0.5, 0.6) is 0 Å². The lowest BCUT2D eigenvalue weighted by atomic mass is 9.96. The Bertz CT molecular complexity index is 562. The Morgan fingerprint density at radius 3 is 2.33 bits per heavy atom. The number of aryl methyl sites for hydroxylation is 2. The van der Waals surface area contributed by atoms with Gasteiger partial charge in [0.1, 0.15) is 5.82 Å². The first kappa shape index (κ1) is 13.0. The van der Waals surface area contributed by atoms with Gasteiger partial charge in [0.15, 0.2) is 0 Å². The van der Waals surface area contributed by atoms with E-state index in [1.807, 2.05) is 25.6 Å². The summed E-state index contributed by atoms with van der Waals surface area (Å²) in [5.41, 5.74) is 3.08. The molecular weight excluding hydrogens is 246 g/mol. The predicted molar refractivity (Wildman–Crippen MR) is 74.6 cm³/mol. The summed E-state index contributed by atoms with van der Waals surface area (Å²) in [5.74, 6) is 0.870. The van der Waals surface area contributed by atoms with Gasteiger partial charge in [-0.1, -0.05) is 20.8 Å². The lowest BCUT2D eigenvalue weighted by Gasteiger charge is -2.12. The van der Waals surface area contributed by atoms with E-state index in [-0.39, 0.29) is 5.41 Å². The average molecular weight is 265 g/mol. The van der Waals surface area contributed by atoms with Crippen molar-refractivity contribution in [3.05, 3.63) is 17.2 Å². The molecule has 0 spiro atoms. The summed E-state index contributed by atoms with van der Waals surface area (Å²) in [6, 6.07) is 0. The monoisotopic (exact) mass is 265 g/mol. The maximum atomic E-state index is 4.53. The SMILES string of the molecule is Cc1nn(C)c(C)c1Nc1nc(C(C)(C)C)ns1. The van der Waals surface area contributed by atoms with Crippen molar-refractivity contribution in [3.63, 3.8) is 0 Å². The van der Waals surface area contributed by atoms with Crippen molar-refractivity contribution in [1.29, 1.82) is 0 Å². The van der Waals surface area contributed by atoms with Crippen molar-refractivity contribution < 1.29 is 0 Å². The Kier molecular flexibility index (Phi) is 3.14. The topological polar surface area (TPSA) is 55.6 Å². The molecule has 0 radical (unpaired) electrons. The molecule has 2 rings (SSSR count). The van der Waals surface area contributed by atoms with Gasteiger partial charge in [-0.05, 0) is 13.8 Å². The molecule has 0 saturated heterocycles. The van der Waals surface area contributed by atoms with E-state index in [0.29, 0.717) is 0 Å². The molecule has 0 aliphatic heterocycles. The van der Waals surface area contributed by atoms with Crippen molar-refractivity contribution in [2.75, 3.05) is 5.32 Å². The Morgan fingerprint density at radius 1 is 1.22 bits per heavy atom. The third-order valence-corrected chi connectivity index (χ3v) is 3.47. The van der Waals surface area contributed by atoms with Crippen LogP contribution in [0.4, 0.5) is 10.8 Å². The highest BCUT2D eigenvalue weighted by Crippen LogP contribution is 2.27. The van der Waals surface area contributed by atoms with Crippen LogP contribution in [0.15, 0.2) is 0 Å². The molecule has 0 aliphatic rings. The molecule has 18 heavy (non-hydrogen) atoms. The van der Waals surface area contributed by atoms with Crippen LogP contribution in [0.3, 0.4) is 0 Å². The number of nitrogens with zero attached hydrogens (tertiary/aromatic N) is 4. The summed E-state index contributed by atoms with van der Waals surface area (Å²) in [6.45, 7) is 10.4. The molecule has 5 nitrogen and oxygen atoms in total. The molecule has 0 aromatic carbocycles. The number of rotatable bonds is 2. The van der Waals surface area contributed by atoms with Gasteiger partial charge in [0, 0.05) is 24.0 Å². The molecule has 2 aromatic rings. The largest absolute Gasteiger partial charge is 0.327 e. The molecule has 0 unspecified atom stereocenters. The first-order valence-corrected chi connectivity index (χ1v) is 6.68. The zero-order valence-corrected chi connectivity index (χ0v) is 12.5. The molecule has 6 heteroatoms. The minimum atomic E-state index is -0.0184. The molecule has 1 N–H and O–H groups in total. The van der Waals surface area contributed by atoms with Gasteiger partial charge in [-0.15, -0.1) is 0 Å². The van der Waals surface area contributed by atoms with Gasteiger partial charge < -0.3 is 5.32 Å². The standard InChI is InChI=1S/C12H19N5S/c1-7-9(8(2)17(6)15-7)13-11-14-10(16-18-11)12(3,4)5/h1-6H3,(H,13,14,16). The van der Waals surface area contributed by atoms with E-state index in [1.54, 1.807) is 0 Å². The maximum Gasteiger partial charge on any atom is 0.207 e. The zero-order valence-electron chi connectivity index (χ0n) is 11.7. The number of aromatic nitrogens is 4. The number of hydrogen-bond donors (Lipinski definition) is 1. The quantitative estimate of drug-likeness (QED) is 0.907. The third-order valence-electron chi connectivity index (χ3n) is 2.84. The van der Waals surface area contributed by atoms with Crippen LogP contribution in [0.25, 0.3) is 0 Å². The lowest BCUT2D eigenvalue weighted by molar-refractivity contribution is 0.555. The van der Waals surface area contributed by atoms with Crippen LogP contribution in [0, 0.1) is 13.8 Å². The smallest absolute Gasteiger partial charge is 0.207 e. The van der Waals surface area contributed by atoms with Crippen molar-refractivity contribution in [3.8, 4) is 0 Å². The first-order valence-electron chi connectivity index (χ1n) is 5.90. The fourth-order valence-electron chi connectivity index (χ4n) is 1.64. The Labute approximate surface area is 111 Å². The van der Waals surface area contributed by atoms with E-state index in [0.717, 1.165) is 28.0 Å². The van der Waals surface area contributed by atoms with Crippen molar-refractivity contribution in [2.45, 2.75) is 40.0 Å². The molecule has 0 saturated carbocycles. The molecule has 0 fully saturated rings. The second kappa shape index (κ2) is 4.35. The molecule has 0 aliphatic carbocycles. The van der Waals surface area contributed by atoms with Crippen LogP contribution >= 0.6 is 11.5 Å². The minimum Gasteiger partial charge on any atom is -0.327 e. The van der Waals surface area contributed by atoms with E-state index < -0.39 is 0 Å². The average Bonchev–Trinajstić information content (AvgIpc) is 2.80. The van der Waals surface area contributed by atoms with Gasteiger partial charge in [0.25, 0.3) is 0 Å². The summed E-state index contributed by atoms with van der Waals surface area (Å²) < 4.78 is 6.26. The van der Waals surface area contributed by atoms with Gasteiger partial charge in [-0.3, -0.25) is 4.68 Å². The Hall–Kier alpha value is -1.43. The van der Waals surface area contributed by atoms with E-state index in [1.165, 1.54) is 11.5 Å². The highest BCUT2D eigenvalue weighted by Gasteiger charge is 2.20. The molecule has 0 amide bonds. The number of anilines is 2. The fourth-order valence-corrected chi connectivity index (χ4v) is 2.40. The summed E-state index contributed by atoms with van der Waals surface area (Å²) in [7, 11) is 1.94. The Balaban J connectivity index is 2.27. The van der Waals surface area contributed by atoms with Crippen LogP contribution in [-0.4, -0.2) is 19.1 Å². The van der Waals surface area contributed by atoms with Crippen LogP contribution in [0.2, 0.25) is 0 Å². The van der Waals surface area contributed by atoms with Crippen molar-refractivity contribution >= 4 is 22.4 Å². The highest BCUT2D eigenvalue weighted by molar-refractivity contribution is 7.09. The van der Waals surface area contributed by atoms with Gasteiger partial charge in [0.05, 0.1) is 17.1 Å². The molecule has 0 bridgehead atoms. The van der Waals surface area contributed by atoms with E-state index >= 15 is 0 Å². The maximum absolute atomic E-state index is 4.53. The number of nitrogens with one attached hydrogen (secondary N) is 1. The van der Waals surface area contributed by atoms with Crippen LogP contribution in [-0.2, 0) is 12.5 Å². The summed E-state index contributed by atoms with van der Waals surface area (Å²) in [6.07, 6.45) is 0. The molecule has 2 heterocycles. The van der Waals surface area contributed by atoms with Gasteiger partial charge in [-0.2, -0.15) is 9.47 Å². The number of hydrogen-bond acceptors (Lipinski definition) is 5. The molecule has 98 valence electrons. The minimum absolute atomic E-state index is 0.0184. The normalized spacial score (nSPS) is 11.9. The predicted octanol–water partition coefficient (Wildman–Crippen LogP) is 2.93. The zero-order chi connectivity index (χ0) is 13.5. The molecule has 0 atom stereocenters. The van der Waals surface area contributed by atoms with Crippen LogP contribution in [0.1, 0.15) is 38.0 Å². The van der Waals surface area contributed by atoms with Gasteiger partial charge in [0.2, 0.25) is 5.13 Å². The van der Waals surface area contributed by atoms with Gasteiger partial charge >= 0.3 is 0 Å². The van der Waals surface area contributed by atoms with Gasteiger partial charge in [-0.25, -0.2) is 4.98 Å². The summed E-state index contributed by atoms with van der Waals surface area (Å²) in [5, 5.41) is 8.51. The van der Waals surface area contributed by atoms with E-state index in [4.69, 9.17) is 0 Å². The Morgan fingerprint density at radius 2 is 1.89 bits per heavy atom. The van der Waals surface area contributed by atoms with Crippen molar-refractivity contribution in [1.82, 2.24) is 19.1 Å². The molecular formula is C12H19N5S. The second-order valence-corrected chi connectivity index (χ2v) is 6.22. The van der Waals surface area contributed by atoms with Crippen LogP contribution < -0.4 is 5.32 Å². The highest BCUT2D eigenvalue weighted by atomic mass is 32.1.